The van der Waals surface area contributed by atoms with Gasteiger partial charge in [-0.3, -0.25) is 10.1 Å². The number of benzene rings is 2. The van der Waals surface area contributed by atoms with Gasteiger partial charge in [0.2, 0.25) is 5.90 Å². The number of hydrogen-bond donors (Lipinski definition) is 0. The van der Waals surface area contributed by atoms with Gasteiger partial charge in [0.05, 0.1) is 4.92 Å². The average Bonchev–Trinajstić information content (AvgIpc) is 3.02. The van der Waals surface area contributed by atoms with Crippen molar-refractivity contribution in [3.63, 3.8) is 0 Å². The molecule has 0 spiro atoms. The fraction of sp³-hybridized carbons (Fsp3) is 0.0526. The summed E-state index contributed by atoms with van der Waals surface area (Å²) in [6, 6.07) is 13.4. The van der Waals surface area contributed by atoms with Crippen LogP contribution in [0.5, 0.6) is 5.75 Å². The van der Waals surface area contributed by atoms with Gasteiger partial charge in [0.1, 0.15) is 12.4 Å². The first kappa shape index (κ1) is 15.8. The van der Waals surface area contributed by atoms with Crippen LogP contribution in [0.15, 0.2) is 70.9 Å². The second-order valence-corrected chi connectivity index (χ2v) is 5.69. The van der Waals surface area contributed by atoms with Crippen LogP contribution in [0, 0.1) is 10.1 Å². The Bertz CT molecular complexity index is 1020. The quantitative estimate of drug-likeness (QED) is 0.367. The smallest absolute Gasteiger partial charge is 0.363 e. The Labute approximate surface area is 148 Å². The molecule has 0 amide bonds. The maximum absolute atomic E-state index is 12.1. The van der Waals surface area contributed by atoms with E-state index in [4.69, 9.17) is 9.47 Å². The minimum Gasteiger partial charge on any atom is -0.488 e. The van der Waals surface area contributed by atoms with Crippen molar-refractivity contribution >= 4 is 23.6 Å². The molecule has 0 radical (unpaired) electrons. The van der Waals surface area contributed by atoms with Crippen LogP contribution in [-0.2, 0) is 9.53 Å². The fourth-order valence-corrected chi connectivity index (χ4v) is 2.68. The fourth-order valence-electron chi connectivity index (χ4n) is 2.68. The number of hydrogen-bond acceptors (Lipinski definition) is 6. The van der Waals surface area contributed by atoms with E-state index in [1.54, 1.807) is 12.1 Å². The number of nitrogens with zero attached hydrogens (tertiary/aromatic N) is 2. The third kappa shape index (κ3) is 2.98. The lowest BCUT2D eigenvalue weighted by Crippen LogP contribution is -2.08. The monoisotopic (exact) mass is 348 g/mol. The zero-order chi connectivity index (χ0) is 18.1. The molecule has 2 aliphatic rings. The molecular formula is C19H12N2O5. The van der Waals surface area contributed by atoms with Crippen molar-refractivity contribution in [1.82, 2.24) is 0 Å². The van der Waals surface area contributed by atoms with Gasteiger partial charge in [0, 0.05) is 23.3 Å². The van der Waals surface area contributed by atoms with Crippen LogP contribution in [0.3, 0.4) is 0 Å². The number of fused-ring (bicyclic) bond motifs is 1. The van der Waals surface area contributed by atoms with Gasteiger partial charge in [-0.2, -0.15) is 0 Å². The number of para-hydroxylation sites is 1. The van der Waals surface area contributed by atoms with Crippen LogP contribution in [0.2, 0.25) is 0 Å². The first-order valence-corrected chi connectivity index (χ1v) is 7.80. The summed E-state index contributed by atoms with van der Waals surface area (Å²) >= 11 is 0. The molecule has 2 aromatic rings. The Balaban J connectivity index is 1.65. The number of ether oxygens (including phenoxy) is 2. The van der Waals surface area contributed by atoms with Crippen LogP contribution in [0.25, 0.3) is 6.08 Å². The van der Waals surface area contributed by atoms with Crippen LogP contribution in [-0.4, -0.2) is 23.4 Å². The number of aliphatic imine (C=N–C) groups is 1. The SMILES string of the molecule is O=C1OC(c2cccc([N+](=O)[O-])c2)=NC1=CC1=Cc2ccccc2OC1. The first-order valence-electron chi connectivity index (χ1n) is 7.80. The van der Waals surface area contributed by atoms with Crippen molar-refractivity contribution in [2.45, 2.75) is 0 Å². The molecule has 0 bridgehead atoms. The van der Waals surface area contributed by atoms with Crippen molar-refractivity contribution in [3.8, 4) is 5.75 Å². The number of esters is 1. The Kier molecular flexibility index (Phi) is 3.81. The summed E-state index contributed by atoms with van der Waals surface area (Å²) in [7, 11) is 0. The highest BCUT2D eigenvalue weighted by atomic mass is 16.6. The van der Waals surface area contributed by atoms with Gasteiger partial charge in [0.25, 0.3) is 5.69 Å². The second-order valence-electron chi connectivity index (χ2n) is 5.69. The van der Waals surface area contributed by atoms with E-state index in [-0.39, 0.29) is 17.3 Å². The molecule has 26 heavy (non-hydrogen) atoms. The Morgan fingerprint density at radius 1 is 1.15 bits per heavy atom. The lowest BCUT2D eigenvalue weighted by Gasteiger charge is -2.15. The molecule has 0 unspecified atom stereocenters. The first-order chi connectivity index (χ1) is 12.6. The third-order valence-corrected chi connectivity index (χ3v) is 3.90. The van der Waals surface area contributed by atoms with Crippen molar-refractivity contribution in [1.29, 1.82) is 0 Å². The van der Waals surface area contributed by atoms with Gasteiger partial charge in [-0.25, -0.2) is 9.79 Å². The van der Waals surface area contributed by atoms with E-state index in [9.17, 15) is 14.9 Å². The number of rotatable bonds is 3. The Hall–Kier alpha value is -3.74. The largest absolute Gasteiger partial charge is 0.488 e. The van der Waals surface area contributed by atoms with Crippen LogP contribution >= 0.6 is 0 Å². The predicted octanol–water partition coefficient (Wildman–Crippen LogP) is 3.26. The van der Waals surface area contributed by atoms with Crippen LogP contribution in [0.1, 0.15) is 11.1 Å². The van der Waals surface area contributed by atoms with Crippen molar-refractivity contribution in [2.75, 3.05) is 6.61 Å². The summed E-state index contributed by atoms with van der Waals surface area (Å²) in [5, 5.41) is 10.9. The zero-order valence-electron chi connectivity index (χ0n) is 13.4. The van der Waals surface area contributed by atoms with Crippen LogP contribution < -0.4 is 4.74 Å². The third-order valence-electron chi connectivity index (χ3n) is 3.90. The summed E-state index contributed by atoms with van der Waals surface area (Å²) in [6.45, 7) is 0.315. The van der Waals surface area contributed by atoms with Crippen LogP contribution in [0.4, 0.5) is 5.69 Å². The maximum Gasteiger partial charge on any atom is 0.363 e. The summed E-state index contributed by atoms with van der Waals surface area (Å²) < 4.78 is 10.8. The number of carbonyl (C=O) groups excluding carboxylic acids is 1. The number of nitro groups is 1. The van der Waals surface area contributed by atoms with E-state index >= 15 is 0 Å². The summed E-state index contributed by atoms with van der Waals surface area (Å²) in [6.07, 6.45) is 3.52. The maximum atomic E-state index is 12.1. The lowest BCUT2D eigenvalue weighted by atomic mass is 10.1. The molecule has 0 aliphatic carbocycles. The molecule has 0 saturated carbocycles. The van der Waals surface area contributed by atoms with Gasteiger partial charge < -0.3 is 9.47 Å². The molecule has 0 fully saturated rings. The molecule has 0 atom stereocenters. The summed E-state index contributed by atoms with van der Waals surface area (Å²) in [5.74, 6) is 0.221. The standard InChI is InChI=1S/C19H12N2O5/c22-19-16(9-12-8-13-4-1-2-7-17(13)25-11-12)20-18(26-19)14-5-3-6-15(10-14)21(23)24/h1-10H,11H2. The van der Waals surface area contributed by atoms with E-state index in [1.165, 1.54) is 18.2 Å². The zero-order valence-corrected chi connectivity index (χ0v) is 13.4. The molecule has 0 N–H and O–H groups in total. The van der Waals surface area contributed by atoms with E-state index < -0.39 is 10.9 Å². The van der Waals surface area contributed by atoms with Gasteiger partial charge in [-0.1, -0.05) is 24.3 Å². The number of non-ortho nitro benzene ring substituents is 1. The van der Waals surface area contributed by atoms with Gasteiger partial charge in [-0.05, 0) is 29.9 Å². The molecule has 2 aliphatic heterocycles. The molecule has 4 rings (SSSR count). The molecule has 0 aromatic heterocycles. The molecule has 2 aromatic carbocycles. The lowest BCUT2D eigenvalue weighted by molar-refractivity contribution is -0.384. The van der Waals surface area contributed by atoms with Crippen molar-refractivity contribution in [2.24, 2.45) is 4.99 Å². The number of carbonyl (C=O) groups is 1. The normalized spacial score (nSPS) is 17.1. The highest BCUT2D eigenvalue weighted by Crippen LogP contribution is 2.28. The van der Waals surface area contributed by atoms with E-state index in [1.807, 2.05) is 30.3 Å². The predicted molar refractivity (Wildman–Crippen MR) is 93.7 cm³/mol. The average molecular weight is 348 g/mol. The molecule has 2 heterocycles. The second kappa shape index (κ2) is 6.29. The minimum absolute atomic E-state index is 0.0441. The molecule has 0 saturated heterocycles. The highest BCUT2D eigenvalue weighted by molar-refractivity contribution is 6.11. The summed E-state index contributed by atoms with van der Waals surface area (Å²) in [5.41, 5.74) is 2.09. The van der Waals surface area contributed by atoms with Gasteiger partial charge >= 0.3 is 5.97 Å². The molecule has 7 heteroatoms. The minimum atomic E-state index is -0.605. The van der Waals surface area contributed by atoms with Gasteiger partial charge in [0.15, 0.2) is 5.70 Å². The summed E-state index contributed by atoms with van der Waals surface area (Å²) in [4.78, 5) is 26.6. The number of cyclic esters (lactones) is 1. The van der Waals surface area contributed by atoms with Crippen molar-refractivity contribution < 1.29 is 19.2 Å². The molecular weight excluding hydrogens is 336 g/mol. The highest BCUT2D eigenvalue weighted by Gasteiger charge is 2.26. The van der Waals surface area contributed by atoms with E-state index in [0.29, 0.717) is 12.2 Å². The molecule has 128 valence electrons. The topological polar surface area (TPSA) is 91.0 Å². The van der Waals surface area contributed by atoms with E-state index in [0.717, 1.165) is 16.9 Å². The van der Waals surface area contributed by atoms with E-state index in [2.05, 4.69) is 4.99 Å². The number of nitro benzene ring substituents is 1. The Morgan fingerprint density at radius 3 is 2.85 bits per heavy atom. The molecule has 7 nitrogen and oxygen atoms in total. The Morgan fingerprint density at radius 2 is 2.00 bits per heavy atom. The van der Waals surface area contributed by atoms with Crippen molar-refractivity contribution in [3.05, 3.63) is 87.1 Å². The van der Waals surface area contributed by atoms with Gasteiger partial charge in [-0.15, -0.1) is 0 Å².